The number of benzene rings is 4. The van der Waals surface area contributed by atoms with Crippen molar-refractivity contribution in [3.05, 3.63) is 120 Å². The van der Waals surface area contributed by atoms with Gasteiger partial charge in [-0.2, -0.15) is 0 Å². The van der Waals surface area contributed by atoms with Gasteiger partial charge in [0.05, 0.1) is 10.6 Å². The minimum absolute atomic E-state index is 0.0430. The van der Waals surface area contributed by atoms with Crippen molar-refractivity contribution in [1.29, 1.82) is 0 Å². The minimum Gasteiger partial charge on any atom is -0.457 e. The maximum atomic E-state index is 14.2. The lowest BCUT2D eigenvalue weighted by Crippen LogP contribution is -2.54. The molecule has 0 heterocycles. The van der Waals surface area contributed by atoms with Gasteiger partial charge in [0.25, 0.3) is 10.0 Å². The van der Waals surface area contributed by atoms with Crippen LogP contribution in [0.4, 0.5) is 5.69 Å². The number of carbonyl (C=O) groups is 2. The molecule has 0 aliphatic carbocycles. The summed E-state index contributed by atoms with van der Waals surface area (Å²) in [5.74, 6) is 0.295. The Hall–Kier alpha value is -4.63. The van der Waals surface area contributed by atoms with Crippen molar-refractivity contribution >= 4 is 27.5 Å². The molecule has 44 heavy (non-hydrogen) atoms. The number of hydrogen-bond donors (Lipinski definition) is 1. The van der Waals surface area contributed by atoms with Crippen LogP contribution in [-0.2, 0) is 26.2 Å². The van der Waals surface area contributed by atoms with E-state index in [0.717, 1.165) is 15.4 Å². The van der Waals surface area contributed by atoms with Crippen molar-refractivity contribution in [3.63, 3.8) is 0 Å². The van der Waals surface area contributed by atoms with Crippen LogP contribution in [0.5, 0.6) is 11.5 Å². The number of anilines is 1. The number of sulfonamides is 1. The smallest absolute Gasteiger partial charge is 0.264 e. The van der Waals surface area contributed by atoms with Gasteiger partial charge in [-0.1, -0.05) is 60.7 Å². The molecule has 4 aromatic rings. The normalized spacial score (nSPS) is 12.2. The van der Waals surface area contributed by atoms with E-state index < -0.39 is 34.1 Å². The van der Waals surface area contributed by atoms with Crippen molar-refractivity contribution < 1.29 is 22.7 Å². The lowest BCUT2D eigenvalue weighted by molar-refractivity contribution is -0.140. The molecule has 230 valence electrons. The highest BCUT2D eigenvalue weighted by atomic mass is 32.2. The number of hydrogen-bond acceptors (Lipinski definition) is 5. The fourth-order valence-corrected chi connectivity index (χ4v) is 6.02. The lowest BCUT2D eigenvalue weighted by Gasteiger charge is -2.33. The zero-order valence-electron chi connectivity index (χ0n) is 25.7. The summed E-state index contributed by atoms with van der Waals surface area (Å²) in [7, 11) is -4.17. The first kappa shape index (κ1) is 32.3. The molecule has 4 aromatic carbocycles. The van der Waals surface area contributed by atoms with E-state index in [2.05, 4.69) is 5.32 Å². The van der Waals surface area contributed by atoms with Crippen LogP contribution >= 0.6 is 0 Å². The molecule has 4 rings (SSSR count). The standard InChI is InChI=1S/C35H39N3O5S/c1-26-14-12-13-15-28(26)24-37(27(2)34(40)36-35(3,4)5)33(39)25-38(44(41,42)32-18-10-7-11-19-32)29-20-22-31(23-21-29)43-30-16-8-6-9-17-30/h6-23,27H,24-25H2,1-5H3,(H,36,40)/t27-/m1/s1. The second kappa shape index (κ2) is 13.8. The van der Waals surface area contributed by atoms with Crippen molar-refractivity contribution in [3.8, 4) is 11.5 Å². The van der Waals surface area contributed by atoms with Crippen molar-refractivity contribution in [2.45, 2.75) is 57.6 Å². The largest absolute Gasteiger partial charge is 0.457 e. The molecule has 0 saturated heterocycles. The molecule has 0 spiro atoms. The molecule has 0 bridgehead atoms. The van der Waals surface area contributed by atoms with E-state index in [4.69, 9.17) is 4.74 Å². The summed E-state index contributed by atoms with van der Waals surface area (Å²) in [6, 6.07) is 30.5. The predicted molar refractivity (Wildman–Crippen MR) is 173 cm³/mol. The molecule has 0 saturated carbocycles. The van der Waals surface area contributed by atoms with Crippen molar-refractivity contribution in [2.24, 2.45) is 0 Å². The Morgan fingerprint density at radius 1 is 0.795 bits per heavy atom. The SMILES string of the molecule is Cc1ccccc1CN(C(=O)CN(c1ccc(Oc2ccccc2)cc1)S(=O)(=O)c1ccccc1)[C@H](C)C(=O)NC(C)(C)C. The molecule has 2 amide bonds. The first-order chi connectivity index (χ1) is 20.8. The molecule has 0 unspecified atom stereocenters. The number of nitrogens with one attached hydrogen (secondary N) is 1. The van der Waals surface area contributed by atoms with Gasteiger partial charge in [-0.25, -0.2) is 8.42 Å². The number of nitrogens with zero attached hydrogens (tertiary/aromatic N) is 2. The Kier molecular flexibility index (Phi) is 10.1. The topological polar surface area (TPSA) is 96.0 Å². The highest BCUT2D eigenvalue weighted by Crippen LogP contribution is 2.28. The van der Waals surface area contributed by atoms with Gasteiger partial charge in [0.2, 0.25) is 11.8 Å². The summed E-state index contributed by atoms with van der Waals surface area (Å²) >= 11 is 0. The van der Waals surface area contributed by atoms with Gasteiger partial charge < -0.3 is 15.0 Å². The Labute approximate surface area is 260 Å². The molecule has 1 N–H and O–H groups in total. The molecule has 0 aromatic heterocycles. The fourth-order valence-electron chi connectivity index (χ4n) is 4.58. The maximum Gasteiger partial charge on any atom is 0.264 e. The van der Waals surface area contributed by atoms with E-state index in [1.807, 2.05) is 82.3 Å². The van der Waals surface area contributed by atoms with Crippen molar-refractivity contribution in [2.75, 3.05) is 10.8 Å². The second-order valence-corrected chi connectivity index (χ2v) is 13.5. The third-order valence-corrected chi connectivity index (χ3v) is 8.77. The number of amides is 2. The molecule has 1 atom stereocenters. The van der Waals surface area contributed by atoms with E-state index in [1.54, 1.807) is 49.4 Å². The number of carbonyl (C=O) groups excluding carboxylic acids is 2. The first-order valence-corrected chi connectivity index (χ1v) is 15.9. The molecule has 0 aliphatic rings. The number of rotatable bonds is 11. The zero-order valence-corrected chi connectivity index (χ0v) is 26.5. The molecule has 8 nitrogen and oxygen atoms in total. The number of aryl methyl sites for hydroxylation is 1. The number of ether oxygens (including phenoxy) is 1. The van der Waals surface area contributed by atoms with Gasteiger partial charge in [0.15, 0.2) is 0 Å². The van der Waals surface area contributed by atoms with Crippen LogP contribution in [0.1, 0.15) is 38.8 Å². The van der Waals surface area contributed by atoms with Gasteiger partial charge in [0, 0.05) is 12.1 Å². The van der Waals surface area contributed by atoms with Crippen LogP contribution in [0.15, 0.2) is 114 Å². The van der Waals surface area contributed by atoms with Crippen LogP contribution in [0.3, 0.4) is 0 Å². The van der Waals surface area contributed by atoms with Gasteiger partial charge >= 0.3 is 0 Å². The van der Waals surface area contributed by atoms with Gasteiger partial charge in [0.1, 0.15) is 24.1 Å². The summed E-state index contributed by atoms with van der Waals surface area (Å²) in [6.45, 7) is 8.80. The Balaban J connectivity index is 1.70. The van der Waals surface area contributed by atoms with Crippen LogP contribution < -0.4 is 14.4 Å². The van der Waals surface area contributed by atoms with Gasteiger partial charge in [-0.05, 0) is 94.3 Å². The summed E-state index contributed by atoms with van der Waals surface area (Å²) in [5, 5.41) is 2.94. The molecular formula is C35H39N3O5S. The average Bonchev–Trinajstić information content (AvgIpc) is 2.99. The third kappa shape index (κ3) is 8.26. The molecule has 0 fully saturated rings. The minimum atomic E-state index is -4.17. The fraction of sp³-hybridized carbons (Fsp3) is 0.257. The zero-order chi connectivity index (χ0) is 31.9. The van der Waals surface area contributed by atoms with E-state index in [0.29, 0.717) is 11.5 Å². The summed E-state index contributed by atoms with van der Waals surface area (Å²) < 4.78 is 35.0. The average molecular weight is 614 g/mol. The molecular weight excluding hydrogens is 574 g/mol. The van der Waals surface area contributed by atoms with Crippen LogP contribution in [0.25, 0.3) is 0 Å². The van der Waals surface area contributed by atoms with Gasteiger partial charge in [-0.3, -0.25) is 13.9 Å². The van der Waals surface area contributed by atoms with Crippen LogP contribution in [-0.4, -0.2) is 43.3 Å². The Bertz CT molecular complexity index is 1670. The van der Waals surface area contributed by atoms with E-state index in [1.165, 1.54) is 17.0 Å². The third-order valence-electron chi connectivity index (χ3n) is 6.98. The molecule has 0 aliphatic heterocycles. The maximum absolute atomic E-state index is 14.2. The highest BCUT2D eigenvalue weighted by Gasteiger charge is 2.33. The van der Waals surface area contributed by atoms with Crippen LogP contribution in [0, 0.1) is 6.92 Å². The summed E-state index contributed by atoms with van der Waals surface area (Å²) in [4.78, 5) is 28.9. The van der Waals surface area contributed by atoms with E-state index in [-0.39, 0.29) is 23.0 Å². The molecule has 9 heteroatoms. The Morgan fingerprint density at radius 3 is 1.93 bits per heavy atom. The summed E-state index contributed by atoms with van der Waals surface area (Å²) in [5.41, 5.74) is 1.58. The van der Waals surface area contributed by atoms with Gasteiger partial charge in [-0.15, -0.1) is 0 Å². The quantitative estimate of drug-likeness (QED) is 0.214. The highest BCUT2D eigenvalue weighted by molar-refractivity contribution is 7.92. The number of para-hydroxylation sites is 1. The second-order valence-electron chi connectivity index (χ2n) is 11.6. The lowest BCUT2D eigenvalue weighted by atomic mass is 10.1. The van der Waals surface area contributed by atoms with Crippen molar-refractivity contribution in [1.82, 2.24) is 10.2 Å². The van der Waals surface area contributed by atoms with E-state index >= 15 is 0 Å². The van der Waals surface area contributed by atoms with Crippen LogP contribution in [0.2, 0.25) is 0 Å². The Morgan fingerprint density at radius 2 is 1.34 bits per heavy atom. The first-order valence-electron chi connectivity index (χ1n) is 14.4. The predicted octanol–water partition coefficient (Wildman–Crippen LogP) is 6.31. The summed E-state index contributed by atoms with van der Waals surface area (Å²) in [6.07, 6.45) is 0. The van der Waals surface area contributed by atoms with E-state index in [9.17, 15) is 18.0 Å². The monoisotopic (exact) mass is 613 g/mol. The molecule has 0 radical (unpaired) electrons.